The van der Waals surface area contributed by atoms with Crippen molar-refractivity contribution in [1.29, 1.82) is 0 Å². The maximum Gasteiger partial charge on any atom is 0.328 e. The topological polar surface area (TPSA) is 53.2 Å². The Balaban J connectivity index is 2.76. The molecule has 0 atom stereocenters. The fraction of sp³-hybridized carbons (Fsp3) is 0.636. The van der Waals surface area contributed by atoms with Crippen LogP contribution in [0.1, 0.15) is 33.7 Å². The number of rotatable bonds is 4. The molecule has 5 heteroatoms. The van der Waals surface area contributed by atoms with E-state index < -0.39 is 5.97 Å². The highest BCUT2D eigenvalue weighted by Gasteiger charge is 2.11. The van der Waals surface area contributed by atoms with E-state index in [0.29, 0.717) is 0 Å². The van der Waals surface area contributed by atoms with Crippen molar-refractivity contribution in [3.63, 3.8) is 0 Å². The van der Waals surface area contributed by atoms with Crippen molar-refractivity contribution >= 4 is 5.97 Å². The lowest BCUT2D eigenvalue weighted by Gasteiger charge is -2.08. The molecule has 0 saturated carbocycles. The molecule has 1 rings (SSSR count). The molecule has 1 heterocycles. The number of ether oxygens (including phenoxy) is 1. The summed E-state index contributed by atoms with van der Waals surface area (Å²) in [5, 5.41) is 0. The summed E-state index contributed by atoms with van der Waals surface area (Å²) in [7, 11) is 0. The summed E-state index contributed by atoms with van der Waals surface area (Å²) in [6.45, 7) is 7.35. The van der Waals surface area contributed by atoms with Gasteiger partial charge < -0.3 is 4.74 Å². The quantitative estimate of drug-likeness (QED) is 0.724. The number of hydrogen-bond donors (Lipinski definition) is 0. The summed E-state index contributed by atoms with van der Waals surface area (Å²) in [5.41, 5.74) is -0.185. The zero-order valence-corrected chi connectivity index (χ0v) is 10.1. The van der Waals surface area contributed by atoms with Crippen molar-refractivity contribution < 1.29 is 9.53 Å². The minimum absolute atomic E-state index is 0.0310. The average molecular weight is 226 g/mol. The molecular formula is C11H18N2O3. The molecule has 0 unspecified atom stereocenters. The SMILES string of the molecule is CC(C)OC(=O)Cn1ccn(C(C)C)c1=O. The second kappa shape index (κ2) is 5.01. The number of nitrogens with zero attached hydrogens (tertiary/aromatic N) is 2. The Labute approximate surface area is 94.6 Å². The molecule has 0 aliphatic carbocycles. The number of carbonyl (C=O) groups excluding carboxylic acids is 1. The third kappa shape index (κ3) is 2.98. The van der Waals surface area contributed by atoms with Gasteiger partial charge in [0.1, 0.15) is 6.54 Å². The summed E-state index contributed by atoms with van der Waals surface area (Å²) in [5.74, 6) is -0.390. The highest BCUT2D eigenvalue weighted by Crippen LogP contribution is 1.99. The van der Waals surface area contributed by atoms with E-state index in [-0.39, 0.29) is 24.4 Å². The standard InChI is InChI=1S/C11H18N2O3/c1-8(2)13-6-5-12(11(13)15)7-10(14)16-9(3)4/h5-6,8-9H,7H2,1-4H3. The van der Waals surface area contributed by atoms with E-state index >= 15 is 0 Å². The number of aromatic nitrogens is 2. The Morgan fingerprint density at radius 1 is 1.31 bits per heavy atom. The molecule has 0 aliphatic heterocycles. The van der Waals surface area contributed by atoms with Crippen LogP contribution in [0.4, 0.5) is 0 Å². The van der Waals surface area contributed by atoms with E-state index in [1.807, 2.05) is 13.8 Å². The van der Waals surface area contributed by atoms with Gasteiger partial charge >= 0.3 is 11.7 Å². The molecule has 0 bridgehead atoms. The zero-order chi connectivity index (χ0) is 12.3. The van der Waals surface area contributed by atoms with Crippen LogP contribution in [0.3, 0.4) is 0 Å². The lowest BCUT2D eigenvalue weighted by atomic mass is 10.4. The van der Waals surface area contributed by atoms with E-state index in [1.54, 1.807) is 30.8 Å². The number of hydrogen-bond acceptors (Lipinski definition) is 3. The van der Waals surface area contributed by atoms with Crippen LogP contribution in [0.5, 0.6) is 0 Å². The minimum atomic E-state index is -0.390. The molecule has 0 N–H and O–H groups in total. The first-order valence-corrected chi connectivity index (χ1v) is 5.38. The Bertz CT molecular complexity index is 415. The highest BCUT2D eigenvalue weighted by molar-refractivity contribution is 5.69. The monoisotopic (exact) mass is 226 g/mol. The van der Waals surface area contributed by atoms with Crippen LogP contribution in [0.2, 0.25) is 0 Å². The van der Waals surface area contributed by atoms with Gasteiger partial charge in [-0.2, -0.15) is 0 Å². The first kappa shape index (κ1) is 12.5. The van der Waals surface area contributed by atoms with Gasteiger partial charge in [-0.15, -0.1) is 0 Å². The fourth-order valence-corrected chi connectivity index (χ4v) is 1.38. The van der Waals surface area contributed by atoms with E-state index in [0.717, 1.165) is 0 Å². The van der Waals surface area contributed by atoms with Crippen molar-refractivity contribution in [2.24, 2.45) is 0 Å². The summed E-state index contributed by atoms with van der Waals surface area (Å²) >= 11 is 0. The predicted molar refractivity (Wildman–Crippen MR) is 60.3 cm³/mol. The Kier molecular flexibility index (Phi) is 3.93. The fourth-order valence-electron chi connectivity index (χ4n) is 1.38. The highest BCUT2D eigenvalue weighted by atomic mass is 16.5. The molecule has 0 aromatic carbocycles. The van der Waals surface area contributed by atoms with Gasteiger partial charge in [-0.1, -0.05) is 0 Å². The molecule has 5 nitrogen and oxygen atoms in total. The molecule has 0 fully saturated rings. The van der Waals surface area contributed by atoms with Gasteiger partial charge in [0.05, 0.1) is 6.10 Å². The molecule has 1 aromatic rings. The molecule has 16 heavy (non-hydrogen) atoms. The van der Waals surface area contributed by atoms with Crippen molar-refractivity contribution in [2.45, 2.75) is 46.4 Å². The maximum atomic E-state index is 11.7. The second-order valence-electron chi connectivity index (χ2n) is 4.25. The summed E-state index contributed by atoms with van der Waals surface area (Å²) < 4.78 is 7.89. The van der Waals surface area contributed by atoms with E-state index in [9.17, 15) is 9.59 Å². The number of imidazole rings is 1. The van der Waals surface area contributed by atoms with Gasteiger partial charge in [-0.3, -0.25) is 13.9 Å². The van der Waals surface area contributed by atoms with Crippen LogP contribution in [-0.2, 0) is 16.1 Å². The van der Waals surface area contributed by atoms with Crippen LogP contribution in [0.15, 0.2) is 17.2 Å². The molecule has 0 amide bonds. The number of carbonyl (C=O) groups is 1. The minimum Gasteiger partial charge on any atom is -0.462 e. The normalized spacial score (nSPS) is 11.1. The van der Waals surface area contributed by atoms with Gasteiger partial charge in [0, 0.05) is 18.4 Å². The van der Waals surface area contributed by atoms with Crippen LogP contribution in [-0.4, -0.2) is 21.2 Å². The van der Waals surface area contributed by atoms with Crippen LogP contribution < -0.4 is 5.69 Å². The Morgan fingerprint density at radius 3 is 2.38 bits per heavy atom. The molecule has 0 spiro atoms. The van der Waals surface area contributed by atoms with Gasteiger partial charge in [-0.25, -0.2) is 4.79 Å². The molecule has 90 valence electrons. The molecule has 0 radical (unpaired) electrons. The first-order valence-electron chi connectivity index (χ1n) is 5.38. The maximum absolute atomic E-state index is 11.7. The van der Waals surface area contributed by atoms with Crippen molar-refractivity contribution in [2.75, 3.05) is 0 Å². The molecule has 0 aliphatic rings. The largest absolute Gasteiger partial charge is 0.462 e. The Hall–Kier alpha value is -1.52. The van der Waals surface area contributed by atoms with Gasteiger partial charge in [0.15, 0.2) is 0 Å². The smallest absolute Gasteiger partial charge is 0.328 e. The lowest BCUT2D eigenvalue weighted by molar-refractivity contribution is -0.148. The summed E-state index contributed by atoms with van der Waals surface area (Å²) in [6, 6.07) is 0.0925. The second-order valence-corrected chi connectivity index (χ2v) is 4.25. The molecule has 0 saturated heterocycles. The average Bonchev–Trinajstić information content (AvgIpc) is 2.46. The van der Waals surface area contributed by atoms with Gasteiger partial charge in [0.2, 0.25) is 0 Å². The lowest BCUT2D eigenvalue weighted by Crippen LogP contribution is -2.29. The van der Waals surface area contributed by atoms with Crippen LogP contribution in [0, 0.1) is 0 Å². The van der Waals surface area contributed by atoms with Crippen LogP contribution >= 0.6 is 0 Å². The van der Waals surface area contributed by atoms with Crippen LogP contribution in [0.25, 0.3) is 0 Å². The summed E-state index contributed by atoms with van der Waals surface area (Å²) in [6.07, 6.45) is 3.12. The van der Waals surface area contributed by atoms with E-state index in [1.165, 1.54) is 4.57 Å². The third-order valence-corrected chi connectivity index (χ3v) is 2.10. The van der Waals surface area contributed by atoms with E-state index in [2.05, 4.69) is 0 Å². The zero-order valence-electron chi connectivity index (χ0n) is 10.1. The van der Waals surface area contributed by atoms with Crippen molar-refractivity contribution in [3.05, 3.63) is 22.9 Å². The third-order valence-electron chi connectivity index (χ3n) is 2.10. The van der Waals surface area contributed by atoms with Gasteiger partial charge in [-0.05, 0) is 27.7 Å². The molecule has 1 aromatic heterocycles. The summed E-state index contributed by atoms with van der Waals surface area (Å²) in [4.78, 5) is 23.1. The number of esters is 1. The molecular weight excluding hydrogens is 208 g/mol. The van der Waals surface area contributed by atoms with Crippen molar-refractivity contribution in [3.8, 4) is 0 Å². The van der Waals surface area contributed by atoms with E-state index in [4.69, 9.17) is 4.74 Å². The van der Waals surface area contributed by atoms with Gasteiger partial charge in [0.25, 0.3) is 0 Å². The first-order chi connectivity index (χ1) is 7.41. The van der Waals surface area contributed by atoms with Crippen molar-refractivity contribution in [1.82, 2.24) is 9.13 Å². The predicted octanol–water partition coefficient (Wildman–Crippen LogP) is 1.18. The Morgan fingerprint density at radius 2 is 1.94 bits per heavy atom.